The first-order valence-electron chi connectivity index (χ1n) is 8.90. The Morgan fingerprint density at radius 3 is 1.94 bits per heavy atom. The zero-order valence-electron chi connectivity index (χ0n) is 19.2. The molecule has 0 aliphatic rings. The molecule has 0 aliphatic carbocycles. The molecule has 180 valence electrons. The van der Waals surface area contributed by atoms with Gasteiger partial charge in [-0.3, -0.25) is 9.59 Å². The van der Waals surface area contributed by atoms with Crippen LogP contribution in [0.2, 0.25) is 0 Å². The summed E-state index contributed by atoms with van der Waals surface area (Å²) in [6.45, 7) is 12.3. The first kappa shape index (κ1) is 35.9. The van der Waals surface area contributed by atoms with E-state index in [4.69, 9.17) is 23.9 Å². The van der Waals surface area contributed by atoms with Gasteiger partial charge in [0.05, 0.1) is 46.2 Å². The maximum absolute atomic E-state index is 11.8. The molecule has 0 heterocycles. The lowest BCUT2D eigenvalue weighted by atomic mass is 10.2. The zero-order chi connectivity index (χ0) is 25.5. The Kier molecular flexibility index (Phi) is 27.5. The van der Waals surface area contributed by atoms with Crippen molar-refractivity contribution in [3.63, 3.8) is 0 Å². The van der Waals surface area contributed by atoms with Crippen LogP contribution in [0.1, 0.15) is 13.3 Å². The van der Waals surface area contributed by atoms with Gasteiger partial charge in [-0.1, -0.05) is 13.5 Å². The Balaban J connectivity index is -0.000000554. The highest BCUT2D eigenvalue weighted by molar-refractivity contribution is 7.99. The van der Waals surface area contributed by atoms with E-state index in [1.807, 2.05) is 41.5 Å². The van der Waals surface area contributed by atoms with Crippen LogP contribution in [-0.2, 0) is 43.0 Å². The van der Waals surface area contributed by atoms with Gasteiger partial charge in [0.1, 0.15) is 40.1 Å². The second kappa shape index (κ2) is 23.7. The van der Waals surface area contributed by atoms with E-state index in [1.165, 1.54) is 18.9 Å². The lowest BCUT2D eigenvalue weighted by Crippen LogP contribution is -2.38. The van der Waals surface area contributed by atoms with Gasteiger partial charge in [0, 0.05) is 11.5 Å². The highest BCUT2D eigenvalue weighted by atomic mass is 32.2. The van der Waals surface area contributed by atoms with Crippen molar-refractivity contribution in [3.05, 3.63) is 12.2 Å². The number of likely N-dealkylation sites (N-methyl/N-ethyl adjacent to an activating group) is 1. The molecule has 0 rings (SSSR count). The van der Waals surface area contributed by atoms with Crippen LogP contribution in [0.3, 0.4) is 0 Å². The van der Waals surface area contributed by atoms with Crippen molar-refractivity contribution in [2.24, 2.45) is 5.92 Å². The molecule has 0 N–H and O–H groups in total. The molecule has 0 aromatic carbocycles. The van der Waals surface area contributed by atoms with Crippen LogP contribution in [0, 0.1) is 5.92 Å². The van der Waals surface area contributed by atoms with E-state index < -0.39 is 11.9 Å². The number of methoxy groups -OCH3 is 1. The number of esters is 3. The third-order valence-corrected chi connectivity index (χ3v) is 4.34. The summed E-state index contributed by atoms with van der Waals surface area (Å²) in [4.78, 5) is 58.5. The number of rotatable bonds is 12. The molecule has 0 radical (unpaired) electrons. The molecule has 1 unspecified atom stereocenters. The topological polar surface area (TPSA) is 130 Å². The molecule has 0 saturated carbocycles. The summed E-state index contributed by atoms with van der Waals surface area (Å²) >= 11 is 1.48. The number of thioether (sulfide) groups is 1. The third-order valence-electron chi connectivity index (χ3n) is 3.11. The van der Waals surface area contributed by atoms with E-state index in [2.05, 4.69) is 11.3 Å². The molecule has 0 aliphatic heterocycles. The molecule has 31 heavy (non-hydrogen) atoms. The largest absolute Gasteiger partial charge is 0.466 e. The van der Waals surface area contributed by atoms with E-state index in [9.17, 15) is 14.4 Å². The van der Waals surface area contributed by atoms with Crippen LogP contribution in [0.5, 0.6) is 0 Å². The average Bonchev–Trinajstić information content (AvgIpc) is 2.77. The van der Waals surface area contributed by atoms with E-state index in [0.717, 1.165) is 11.0 Å². The van der Waals surface area contributed by atoms with Crippen LogP contribution in [0.15, 0.2) is 12.2 Å². The molecule has 0 aromatic rings. The summed E-state index contributed by atoms with van der Waals surface area (Å²) in [5.74, 6) is -0.369. The Labute approximate surface area is 188 Å². The number of nitrogens with zero attached hydrogens (tertiary/aromatic N) is 1. The van der Waals surface area contributed by atoms with Crippen LogP contribution < -0.4 is 0 Å². The molecule has 0 saturated heterocycles. The van der Waals surface area contributed by atoms with Crippen molar-refractivity contribution in [2.45, 2.75) is 13.3 Å². The van der Waals surface area contributed by atoms with Gasteiger partial charge in [-0.25, -0.2) is 4.79 Å². The van der Waals surface area contributed by atoms with E-state index in [1.54, 1.807) is 6.92 Å². The molecule has 10 nitrogen and oxygen atoms in total. The van der Waals surface area contributed by atoms with Crippen molar-refractivity contribution in [1.29, 1.82) is 0 Å². The van der Waals surface area contributed by atoms with Gasteiger partial charge < -0.3 is 33.1 Å². The van der Waals surface area contributed by atoms with Gasteiger partial charge in [0.15, 0.2) is 0 Å². The predicted octanol–water partition coefficient (Wildman–Crippen LogP) is 0.713. The smallest absolute Gasteiger partial charge is 0.336 e. The first-order chi connectivity index (χ1) is 14.6. The summed E-state index contributed by atoms with van der Waals surface area (Å²) < 4.78 is 15.4. The number of quaternary nitrogens is 1. The molecular formula is C20H36NO9S+. The molecule has 1 atom stereocenters. The monoisotopic (exact) mass is 466 g/mol. The van der Waals surface area contributed by atoms with Crippen LogP contribution in [0.4, 0.5) is 0 Å². The van der Waals surface area contributed by atoms with Gasteiger partial charge in [-0.2, -0.15) is 11.8 Å². The van der Waals surface area contributed by atoms with E-state index in [-0.39, 0.29) is 30.5 Å². The maximum Gasteiger partial charge on any atom is 0.336 e. The molecule has 0 spiro atoms. The van der Waals surface area contributed by atoms with Crippen molar-refractivity contribution in [3.8, 4) is 0 Å². The standard InChI is InChI=1S/C17H30NO6S.3CH2O/c1-13(16(20)22-6)11-24-15(19)7-10-25-12-14(2)17(21)23-9-8-18(3,4)5;3*1-2/h14H,1,7-12H2,2-6H3;3*1H2/q+1;;;. The Hall–Kier alpha value is -2.53. The molecule has 0 bridgehead atoms. The molecule has 11 heteroatoms. The third kappa shape index (κ3) is 25.4. The minimum Gasteiger partial charge on any atom is -0.466 e. The lowest BCUT2D eigenvalue weighted by molar-refractivity contribution is -0.870. The van der Waals surface area contributed by atoms with Crippen molar-refractivity contribution < 1.29 is 47.5 Å². The average molecular weight is 467 g/mol. The van der Waals surface area contributed by atoms with Crippen molar-refractivity contribution in [1.82, 2.24) is 0 Å². The van der Waals surface area contributed by atoms with Gasteiger partial charge >= 0.3 is 17.9 Å². The minimum absolute atomic E-state index is 0.0914. The van der Waals surface area contributed by atoms with E-state index in [0.29, 0.717) is 18.1 Å². The second-order valence-corrected chi connectivity index (χ2v) is 7.81. The highest BCUT2D eigenvalue weighted by Crippen LogP contribution is 2.12. The SMILES string of the molecule is C=C(COC(=O)CCSCC(C)C(=O)OCC[N+](C)(C)C)C(=O)OC.C=O.C=O.C=O. The summed E-state index contributed by atoms with van der Waals surface area (Å²) in [5.41, 5.74) is 0.0914. The number of ether oxygens (including phenoxy) is 3. The summed E-state index contributed by atoms with van der Waals surface area (Å²) in [5, 5.41) is 0. The molecular weight excluding hydrogens is 430 g/mol. The number of hydrogen-bond acceptors (Lipinski definition) is 10. The number of carbonyl (C=O) groups is 6. The van der Waals surface area contributed by atoms with Crippen LogP contribution >= 0.6 is 11.8 Å². The minimum atomic E-state index is -0.597. The van der Waals surface area contributed by atoms with Crippen LogP contribution in [-0.4, -0.2) is 102 Å². The zero-order valence-corrected chi connectivity index (χ0v) is 20.0. The summed E-state index contributed by atoms with van der Waals surface area (Å²) in [6.07, 6.45) is 0.197. The van der Waals surface area contributed by atoms with Gasteiger partial charge in [-0.15, -0.1) is 0 Å². The van der Waals surface area contributed by atoms with Gasteiger partial charge in [-0.05, 0) is 0 Å². The van der Waals surface area contributed by atoms with E-state index >= 15 is 0 Å². The Morgan fingerprint density at radius 1 is 0.968 bits per heavy atom. The fourth-order valence-electron chi connectivity index (χ4n) is 1.49. The highest BCUT2D eigenvalue weighted by Gasteiger charge is 2.17. The normalized spacial score (nSPS) is 10.2. The maximum atomic E-state index is 11.8. The quantitative estimate of drug-likeness (QED) is 0.133. The van der Waals surface area contributed by atoms with Crippen molar-refractivity contribution >= 4 is 50.0 Å². The fourth-order valence-corrected chi connectivity index (χ4v) is 2.46. The fraction of sp³-hybridized carbons (Fsp3) is 0.600. The number of hydrogen-bond donors (Lipinski definition) is 0. The number of carbonyl (C=O) groups excluding carboxylic acids is 6. The molecule has 0 amide bonds. The lowest BCUT2D eigenvalue weighted by Gasteiger charge is -2.23. The Morgan fingerprint density at radius 2 is 1.48 bits per heavy atom. The first-order valence-corrected chi connectivity index (χ1v) is 10.1. The molecule has 0 fully saturated rings. The van der Waals surface area contributed by atoms with Gasteiger partial charge in [0.2, 0.25) is 0 Å². The molecule has 0 aromatic heterocycles. The summed E-state index contributed by atoms with van der Waals surface area (Å²) in [7, 11) is 7.34. The van der Waals surface area contributed by atoms with Gasteiger partial charge in [0.25, 0.3) is 0 Å². The van der Waals surface area contributed by atoms with Crippen LogP contribution in [0.25, 0.3) is 0 Å². The summed E-state index contributed by atoms with van der Waals surface area (Å²) in [6, 6.07) is 0. The second-order valence-electron chi connectivity index (χ2n) is 6.66. The predicted molar refractivity (Wildman–Crippen MR) is 118 cm³/mol. The van der Waals surface area contributed by atoms with Crippen molar-refractivity contribution in [2.75, 3.05) is 59.5 Å². The Bertz CT molecular complexity index is 517.